The van der Waals surface area contributed by atoms with Gasteiger partial charge < -0.3 is 10.2 Å². The van der Waals surface area contributed by atoms with E-state index in [0.29, 0.717) is 24.4 Å². The van der Waals surface area contributed by atoms with Crippen LogP contribution < -0.4 is 5.32 Å². The average molecular weight is 365 g/mol. The lowest BCUT2D eigenvalue weighted by atomic mass is 10.1. The van der Waals surface area contributed by atoms with Crippen LogP contribution in [0.15, 0.2) is 24.3 Å². The maximum Gasteiger partial charge on any atom is 0.243 e. The van der Waals surface area contributed by atoms with Gasteiger partial charge in [-0.15, -0.1) is 0 Å². The van der Waals surface area contributed by atoms with E-state index in [1.807, 2.05) is 38.1 Å². The zero-order valence-electron chi connectivity index (χ0n) is 15.3. The van der Waals surface area contributed by atoms with Crippen molar-refractivity contribution >= 4 is 23.4 Å². The van der Waals surface area contributed by atoms with E-state index in [0.717, 1.165) is 24.8 Å². The fraction of sp³-hybridized carbons (Fsp3) is 0.600. The molecular weight excluding hydrogens is 336 g/mol. The van der Waals surface area contributed by atoms with Gasteiger partial charge in [-0.25, -0.2) is 0 Å². The van der Waals surface area contributed by atoms with E-state index >= 15 is 0 Å². The van der Waals surface area contributed by atoms with Gasteiger partial charge in [-0.05, 0) is 43.4 Å². The van der Waals surface area contributed by atoms with Gasteiger partial charge in [-0.3, -0.25) is 9.59 Å². The Labute approximate surface area is 155 Å². The molecule has 1 aromatic carbocycles. The Hall–Kier alpha value is -1.55. The van der Waals surface area contributed by atoms with Crippen molar-refractivity contribution < 1.29 is 9.59 Å². The number of halogens is 1. The molecule has 0 heterocycles. The normalized spacial score (nSPS) is 15.8. The highest BCUT2D eigenvalue weighted by molar-refractivity contribution is 6.30. The van der Waals surface area contributed by atoms with E-state index < -0.39 is 6.04 Å². The van der Waals surface area contributed by atoms with Gasteiger partial charge in [-0.2, -0.15) is 0 Å². The van der Waals surface area contributed by atoms with Gasteiger partial charge in [0.05, 0.1) is 0 Å². The SMILES string of the molecule is CCCC(=O)N(Cc1ccc(Cl)cc1)[C@H](CC)C(=O)NC1CCCC1. The summed E-state index contributed by atoms with van der Waals surface area (Å²) in [5, 5.41) is 3.82. The summed E-state index contributed by atoms with van der Waals surface area (Å²) in [5.41, 5.74) is 0.987. The average Bonchev–Trinajstić information content (AvgIpc) is 3.09. The summed E-state index contributed by atoms with van der Waals surface area (Å²) in [6, 6.07) is 7.31. The predicted octanol–water partition coefficient (Wildman–Crippen LogP) is 4.31. The van der Waals surface area contributed by atoms with Gasteiger partial charge in [0, 0.05) is 24.0 Å². The number of amides is 2. The Morgan fingerprint density at radius 3 is 2.40 bits per heavy atom. The first-order valence-electron chi connectivity index (χ1n) is 9.39. The molecule has 1 fully saturated rings. The summed E-state index contributed by atoms with van der Waals surface area (Å²) in [6.45, 7) is 4.39. The highest BCUT2D eigenvalue weighted by atomic mass is 35.5. The molecule has 0 aliphatic heterocycles. The molecule has 0 spiro atoms. The van der Waals surface area contributed by atoms with Crippen molar-refractivity contribution in [2.45, 2.75) is 77.4 Å². The molecule has 4 nitrogen and oxygen atoms in total. The summed E-state index contributed by atoms with van der Waals surface area (Å²) in [7, 11) is 0. The van der Waals surface area contributed by atoms with Crippen molar-refractivity contribution in [2.75, 3.05) is 0 Å². The molecule has 0 aromatic heterocycles. The molecular formula is C20H29ClN2O2. The maximum atomic E-state index is 12.8. The molecule has 1 N–H and O–H groups in total. The van der Waals surface area contributed by atoms with Crippen molar-refractivity contribution in [1.82, 2.24) is 10.2 Å². The number of carbonyl (C=O) groups is 2. The van der Waals surface area contributed by atoms with Gasteiger partial charge in [-0.1, -0.05) is 50.4 Å². The molecule has 0 saturated heterocycles. The molecule has 1 aromatic rings. The standard InChI is InChI=1S/C20H29ClN2O2/c1-3-7-19(24)23(14-15-10-12-16(21)13-11-15)18(4-2)20(25)22-17-8-5-6-9-17/h10-13,17-18H,3-9,14H2,1-2H3,(H,22,25)/t18-/m1/s1. The molecule has 5 heteroatoms. The van der Waals surface area contributed by atoms with Crippen LogP contribution in [0.1, 0.15) is 64.4 Å². The predicted molar refractivity (Wildman–Crippen MR) is 101 cm³/mol. The minimum Gasteiger partial charge on any atom is -0.352 e. The molecule has 0 radical (unpaired) electrons. The highest BCUT2D eigenvalue weighted by Crippen LogP contribution is 2.20. The van der Waals surface area contributed by atoms with Crippen molar-refractivity contribution in [3.05, 3.63) is 34.9 Å². The minimum absolute atomic E-state index is 0.0205. The van der Waals surface area contributed by atoms with E-state index in [1.165, 1.54) is 12.8 Å². The third kappa shape index (κ3) is 5.74. The van der Waals surface area contributed by atoms with E-state index in [2.05, 4.69) is 5.32 Å². The van der Waals surface area contributed by atoms with Gasteiger partial charge in [0.1, 0.15) is 6.04 Å². The number of nitrogens with one attached hydrogen (secondary N) is 1. The quantitative estimate of drug-likeness (QED) is 0.747. The molecule has 138 valence electrons. The Morgan fingerprint density at radius 1 is 1.20 bits per heavy atom. The number of hydrogen-bond donors (Lipinski definition) is 1. The monoisotopic (exact) mass is 364 g/mol. The number of carbonyl (C=O) groups excluding carboxylic acids is 2. The smallest absolute Gasteiger partial charge is 0.243 e. The number of nitrogens with zero attached hydrogens (tertiary/aromatic N) is 1. The number of hydrogen-bond acceptors (Lipinski definition) is 2. The van der Waals surface area contributed by atoms with E-state index in [-0.39, 0.29) is 17.9 Å². The van der Waals surface area contributed by atoms with Crippen molar-refractivity contribution in [2.24, 2.45) is 0 Å². The molecule has 1 saturated carbocycles. The first-order valence-corrected chi connectivity index (χ1v) is 9.77. The lowest BCUT2D eigenvalue weighted by Gasteiger charge is -2.31. The second-order valence-electron chi connectivity index (χ2n) is 6.81. The first-order chi connectivity index (χ1) is 12.0. The van der Waals surface area contributed by atoms with Gasteiger partial charge in [0.2, 0.25) is 11.8 Å². The molecule has 1 aliphatic carbocycles. The fourth-order valence-electron chi connectivity index (χ4n) is 3.43. The highest BCUT2D eigenvalue weighted by Gasteiger charge is 2.30. The van der Waals surface area contributed by atoms with E-state index in [9.17, 15) is 9.59 Å². The van der Waals surface area contributed by atoms with Crippen molar-refractivity contribution in [3.63, 3.8) is 0 Å². The van der Waals surface area contributed by atoms with Crippen LogP contribution >= 0.6 is 11.6 Å². The van der Waals surface area contributed by atoms with E-state index in [4.69, 9.17) is 11.6 Å². The first kappa shape index (κ1) is 19.8. The summed E-state index contributed by atoms with van der Waals surface area (Å²) < 4.78 is 0. The molecule has 2 amide bonds. The minimum atomic E-state index is -0.421. The Bertz CT molecular complexity index is 568. The molecule has 1 atom stereocenters. The molecule has 25 heavy (non-hydrogen) atoms. The van der Waals surface area contributed by atoms with Crippen LogP contribution in [-0.2, 0) is 16.1 Å². The van der Waals surface area contributed by atoms with Crippen LogP contribution in [0.5, 0.6) is 0 Å². The van der Waals surface area contributed by atoms with E-state index in [1.54, 1.807) is 4.90 Å². The summed E-state index contributed by atoms with van der Waals surface area (Å²) in [6.07, 6.45) is 6.28. The molecule has 2 rings (SSSR count). The van der Waals surface area contributed by atoms with Gasteiger partial charge >= 0.3 is 0 Å². The topological polar surface area (TPSA) is 49.4 Å². The lowest BCUT2D eigenvalue weighted by molar-refractivity contribution is -0.141. The Balaban J connectivity index is 2.13. The van der Waals surface area contributed by atoms with Crippen molar-refractivity contribution in [1.29, 1.82) is 0 Å². The molecule has 0 bridgehead atoms. The Morgan fingerprint density at radius 2 is 1.84 bits per heavy atom. The number of benzene rings is 1. The fourth-order valence-corrected chi connectivity index (χ4v) is 3.56. The Kier molecular flexibility index (Phi) is 7.76. The second kappa shape index (κ2) is 9.81. The zero-order chi connectivity index (χ0) is 18.2. The zero-order valence-corrected chi connectivity index (χ0v) is 16.0. The largest absolute Gasteiger partial charge is 0.352 e. The third-order valence-corrected chi connectivity index (χ3v) is 5.07. The van der Waals surface area contributed by atoms with Gasteiger partial charge in [0.25, 0.3) is 0 Å². The van der Waals surface area contributed by atoms with Crippen LogP contribution in [0.25, 0.3) is 0 Å². The lowest BCUT2D eigenvalue weighted by Crippen LogP contribution is -2.50. The summed E-state index contributed by atoms with van der Waals surface area (Å²) in [4.78, 5) is 27.2. The van der Waals surface area contributed by atoms with Gasteiger partial charge in [0.15, 0.2) is 0 Å². The third-order valence-electron chi connectivity index (χ3n) is 4.82. The van der Waals surface area contributed by atoms with Crippen molar-refractivity contribution in [3.8, 4) is 0 Å². The summed E-state index contributed by atoms with van der Waals surface area (Å²) in [5.74, 6) is 0.0127. The van der Waals surface area contributed by atoms with Crippen LogP contribution in [0.4, 0.5) is 0 Å². The van der Waals surface area contributed by atoms with Crippen LogP contribution in [0.3, 0.4) is 0 Å². The second-order valence-corrected chi connectivity index (χ2v) is 7.25. The summed E-state index contributed by atoms with van der Waals surface area (Å²) >= 11 is 5.95. The van der Waals surface area contributed by atoms with Crippen LogP contribution in [0.2, 0.25) is 5.02 Å². The molecule has 1 aliphatic rings. The number of rotatable bonds is 8. The van der Waals surface area contributed by atoms with Crippen LogP contribution in [-0.4, -0.2) is 28.8 Å². The molecule has 0 unspecified atom stereocenters. The van der Waals surface area contributed by atoms with Crippen LogP contribution in [0, 0.1) is 0 Å². The maximum absolute atomic E-state index is 12.8.